The van der Waals surface area contributed by atoms with Crippen molar-refractivity contribution < 1.29 is 18.0 Å². The van der Waals surface area contributed by atoms with E-state index < -0.39 is 11.7 Å². The zero-order valence-corrected chi connectivity index (χ0v) is 13.2. The number of alkyl halides is 3. The van der Waals surface area contributed by atoms with E-state index in [1.807, 2.05) is 0 Å². The van der Waals surface area contributed by atoms with Crippen LogP contribution in [0.3, 0.4) is 0 Å². The van der Waals surface area contributed by atoms with Crippen molar-refractivity contribution in [1.82, 2.24) is 10.6 Å². The average Bonchev–Trinajstić information content (AvgIpc) is 2.53. The summed E-state index contributed by atoms with van der Waals surface area (Å²) in [6.45, 7) is 3.80. The van der Waals surface area contributed by atoms with Gasteiger partial charge < -0.3 is 10.6 Å². The van der Waals surface area contributed by atoms with Crippen LogP contribution in [0.4, 0.5) is 13.2 Å². The SMILES string of the molecule is CC(NC(=O)CCC1CCNCC1)c1ccc(C(F)(F)F)cc1. The lowest BCUT2D eigenvalue weighted by Gasteiger charge is -2.22. The summed E-state index contributed by atoms with van der Waals surface area (Å²) in [7, 11) is 0. The van der Waals surface area contributed by atoms with E-state index in [2.05, 4.69) is 10.6 Å². The Morgan fingerprint density at radius 1 is 1.26 bits per heavy atom. The summed E-state index contributed by atoms with van der Waals surface area (Å²) in [6, 6.07) is 4.64. The predicted octanol–water partition coefficient (Wildman–Crippen LogP) is 3.66. The molecule has 1 aliphatic rings. The highest BCUT2D eigenvalue weighted by atomic mass is 19.4. The van der Waals surface area contributed by atoms with Gasteiger partial charge >= 0.3 is 6.18 Å². The first kappa shape index (κ1) is 17.8. The Morgan fingerprint density at radius 2 is 1.87 bits per heavy atom. The zero-order valence-electron chi connectivity index (χ0n) is 13.2. The second-order valence-electron chi connectivity index (χ2n) is 6.14. The number of amides is 1. The van der Waals surface area contributed by atoms with E-state index in [0.29, 0.717) is 17.9 Å². The van der Waals surface area contributed by atoms with Gasteiger partial charge in [0.15, 0.2) is 0 Å². The molecule has 2 rings (SSSR count). The van der Waals surface area contributed by atoms with Crippen LogP contribution in [0.15, 0.2) is 24.3 Å². The molecule has 1 atom stereocenters. The van der Waals surface area contributed by atoms with Crippen molar-refractivity contribution in [3.05, 3.63) is 35.4 Å². The highest BCUT2D eigenvalue weighted by molar-refractivity contribution is 5.76. The monoisotopic (exact) mass is 328 g/mol. The molecule has 1 aromatic carbocycles. The Morgan fingerprint density at radius 3 is 2.43 bits per heavy atom. The molecule has 0 aromatic heterocycles. The zero-order chi connectivity index (χ0) is 16.9. The third kappa shape index (κ3) is 5.53. The fourth-order valence-electron chi connectivity index (χ4n) is 2.86. The minimum absolute atomic E-state index is 0.0454. The molecule has 3 nitrogen and oxygen atoms in total. The molecule has 1 fully saturated rings. The summed E-state index contributed by atoms with van der Waals surface area (Å²) in [5.74, 6) is 0.541. The van der Waals surface area contributed by atoms with Crippen molar-refractivity contribution in [3.8, 4) is 0 Å². The Balaban J connectivity index is 1.80. The van der Waals surface area contributed by atoms with Crippen molar-refractivity contribution in [3.63, 3.8) is 0 Å². The highest BCUT2D eigenvalue weighted by Crippen LogP contribution is 2.29. The third-order valence-corrected chi connectivity index (χ3v) is 4.35. The molecule has 1 unspecified atom stereocenters. The molecule has 0 radical (unpaired) electrons. The normalized spacial score (nSPS) is 17.7. The van der Waals surface area contributed by atoms with Gasteiger partial charge in [-0.3, -0.25) is 4.79 Å². The molecule has 0 spiro atoms. The molecule has 1 amide bonds. The number of hydrogen-bond acceptors (Lipinski definition) is 2. The molecule has 128 valence electrons. The van der Waals surface area contributed by atoms with Crippen molar-refractivity contribution in [1.29, 1.82) is 0 Å². The molecular formula is C17H23F3N2O. The smallest absolute Gasteiger partial charge is 0.350 e. The molecule has 0 bridgehead atoms. The molecule has 1 aromatic rings. The summed E-state index contributed by atoms with van der Waals surface area (Å²) in [6.07, 6.45) is -0.799. The number of piperidine rings is 1. The molecule has 0 saturated carbocycles. The van der Waals surface area contributed by atoms with E-state index in [0.717, 1.165) is 44.5 Å². The Bertz CT molecular complexity index is 508. The van der Waals surface area contributed by atoms with Crippen molar-refractivity contribution in [2.75, 3.05) is 13.1 Å². The topological polar surface area (TPSA) is 41.1 Å². The predicted molar refractivity (Wildman–Crippen MR) is 82.8 cm³/mol. The van der Waals surface area contributed by atoms with Gasteiger partial charge in [-0.1, -0.05) is 12.1 Å². The second-order valence-corrected chi connectivity index (χ2v) is 6.14. The first-order valence-corrected chi connectivity index (χ1v) is 8.03. The fraction of sp³-hybridized carbons (Fsp3) is 0.588. The molecule has 6 heteroatoms. The van der Waals surface area contributed by atoms with Crippen LogP contribution >= 0.6 is 0 Å². The minimum atomic E-state index is -4.33. The minimum Gasteiger partial charge on any atom is -0.350 e. The van der Waals surface area contributed by atoms with Gasteiger partial charge in [0, 0.05) is 6.42 Å². The molecule has 0 aliphatic carbocycles. The van der Waals surface area contributed by atoms with Crippen LogP contribution in [-0.2, 0) is 11.0 Å². The van der Waals surface area contributed by atoms with Gasteiger partial charge in [-0.15, -0.1) is 0 Å². The maximum atomic E-state index is 12.5. The Kier molecular flexibility index (Phi) is 6.04. The lowest BCUT2D eigenvalue weighted by atomic mass is 9.93. The fourth-order valence-corrected chi connectivity index (χ4v) is 2.86. The first-order chi connectivity index (χ1) is 10.9. The van der Waals surface area contributed by atoms with E-state index >= 15 is 0 Å². The molecule has 1 heterocycles. The van der Waals surface area contributed by atoms with Gasteiger partial charge in [0.2, 0.25) is 5.91 Å². The molecule has 1 saturated heterocycles. The van der Waals surface area contributed by atoms with Crippen LogP contribution in [0, 0.1) is 5.92 Å². The van der Waals surface area contributed by atoms with Crippen LogP contribution < -0.4 is 10.6 Å². The van der Waals surface area contributed by atoms with Crippen molar-refractivity contribution in [2.45, 2.75) is 44.8 Å². The molecule has 1 aliphatic heterocycles. The quantitative estimate of drug-likeness (QED) is 0.866. The van der Waals surface area contributed by atoms with Crippen LogP contribution in [0.1, 0.15) is 49.8 Å². The van der Waals surface area contributed by atoms with Gasteiger partial charge in [0.1, 0.15) is 0 Å². The summed E-state index contributed by atoms with van der Waals surface area (Å²) in [5, 5.41) is 6.15. The summed E-state index contributed by atoms with van der Waals surface area (Å²) >= 11 is 0. The largest absolute Gasteiger partial charge is 0.416 e. The number of nitrogens with one attached hydrogen (secondary N) is 2. The second kappa shape index (κ2) is 7.81. The molecule has 23 heavy (non-hydrogen) atoms. The summed E-state index contributed by atoms with van der Waals surface area (Å²) in [5.41, 5.74) is -0.00102. The Hall–Kier alpha value is -1.56. The van der Waals surface area contributed by atoms with Gasteiger partial charge in [-0.2, -0.15) is 13.2 Å². The maximum Gasteiger partial charge on any atom is 0.416 e. The number of carbonyl (C=O) groups excluding carboxylic acids is 1. The third-order valence-electron chi connectivity index (χ3n) is 4.35. The number of benzene rings is 1. The van der Waals surface area contributed by atoms with E-state index in [-0.39, 0.29) is 11.9 Å². The van der Waals surface area contributed by atoms with Crippen LogP contribution in [-0.4, -0.2) is 19.0 Å². The lowest BCUT2D eigenvalue weighted by Crippen LogP contribution is -2.30. The van der Waals surface area contributed by atoms with Gasteiger partial charge in [0.25, 0.3) is 0 Å². The molecular weight excluding hydrogens is 305 g/mol. The van der Waals surface area contributed by atoms with E-state index in [4.69, 9.17) is 0 Å². The highest BCUT2D eigenvalue weighted by Gasteiger charge is 2.30. The van der Waals surface area contributed by atoms with Crippen LogP contribution in [0.25, 0.3) is 0 Å². The van der Waals surface area contributed by atoms with E-state index in [1.165, 1.54) is 12.1 Å². The van der Waals surface area contributed by atoms with E-state index in [9.17, 15) is 18.0 Å². The average molecular weight is 328 g/mol. The number of carbonyl (C=O) groups is 1. The number of hydrogen-bond donors (Lipinski definition) is 2. The maximum absolute atomic E-state index is 12.5. The standard InChI is InChI=1S/C17H23F3N2O/c1-12(14-3-5-15(6-4-14)17(18,19)20)22-16(23)7-2-13-8-10-21-11-9-13/h3-6,12-13,21H,2,7-11H2,1H3,(H,22,23). The summed E-state index contributed by atoms with van der Waals surface area (Å²) < 4.78 is 37.6. The van der Waals surface area contributed by atoms with Crippen LogP contribution in [0.2, 0.25) is 0 Å². The first-order valence-electron chi connectivity index (χ1n) is 8.03. The van der Waals surface area contributed by atoms with Crippen LogP contribution in [0.5, 0.6) is 0 Å². The lowest BCUT2D eigenvalue weighted by molar-refractivity contribution is -0.137. The van der Waals surface area contributed by atoms with Gasteiger partial charge in [-0.25, -0.2) is 0 Å². The number of rotatable bonds is 5. The van der Waals surface area contributed by atoms with Gasteiger partial charge in [0.05, 0.1) is 11.6 Å². The van der Waals surface area contributed by atoms with Crippen molar-refractivity contribution in [2.24, 2.45) is 5.92 Å². The van der Waals surface area contributed by atoms with Crippen molar-refractivity contribution >= 4 is 5.91 Å². The summed E-state index contributed by atoms with van der Waals surface area (Å²) in [4.78, 5) is 12.0. The van der Waals surface area contributed by atoms with E-state index in [1.54, 1.807) is 6.92 Å². The number of halogens is 3. The molecule has 2 N–H and O–H groups in total. The Labute approximate surface area is 134 Å². The van der Waals surface area contributed by atoms with Gasteiger partial charge in [-0.05, 0) is 62.9 Å².